The fourth-order valence-electron chi connectivity index (χ4n) is 0.762. The van der Waals surface area contributed by atoms with Crippen LogP contribution in [0.2, 0.25) is 0 Å². The Bertz CT molecular complexity index is 333. The van der Waals surface area contributed by atoms with Crippen LogP contribution in [0.5, 0.6) is 0 Å². The van der Waals surface area contributed by atoms with E-state index in [1.807, 2.05) is 0 Å². The fourth-order valence-corrected chi connectivity index (χ4v) is 0.762. The lowest BCUT2D eigenvalue weighted by atomic mass is 10.1. The summed E-state index contributed by atoms with van der Waals surface area (Å²) in [5, 5.41) is 2.60. The molecular weight excluding hydrogens is 158 g/mol. The summed E-state index contributed by atoms with van der Waals surface area (Å²) >= 11 is 0. The van der Waals surface area contributed by atoms with Gasteiger partial charge in [0, 0.05) is 11.1 Å². The third kappa shape index (κ3) is 1.42. The van der Waals surface area contributed by atoms with Gasteiger partial charge in [-0.1, -0.05) is 0 Å². The van der Waals surface area contributed by atoms with Gasteiger partial charge in [0.1, 0.15) is 5.69 Å². The van der Waals surface area contributed by atoms with Gasteiger partial charge in [0.25, 0.3) is 0 Å². The Hall–Kier alpha value is -1.84. The van der Waals surface area contributed by atoms with Crippen molar-refractivity contribution in [1.82, 2.24) is 0 Å². The molecule has 4 heteroatoms. The van der Waals surface area contributed by atoms with E-state index in [2.05, 4.69) is 5.18 Å². The molecule has 0 N–H and O–H groups in total. The lowest BCUT2D eigenvalue weighted by molar-refractivity contribution is 0.558. The number of nitrogens with zero attached hydrogens (tertiary/aromatic N) is 1. The van der Waals surface area contributed by atoms with Gasteiger partial charge >= 0.3 is 0 Å². The molecule has 0 aliphatic carbocycles. The molecular formula is C8H3NO3. The van der Waals surface area contributed by atoms with E-state index in [9.17, 15) is 14.5 Å². The summed E-state index contributed by atoms with van der Waals surface area (Å²) in [5.41, 5.74) is 0.173. The molecule has 58 valence electrons. The van der Waals surface area contributed by atoms with Crippen molar-refractivity contribution in [3.63, 3.8) is 0 Å². The summed E-state index contributed by atoms with van der Waals surface area (Å²) in [6.07, 6.45) is 3.05. The average Bonchev–Trinajstić information content (AvgIpc) is 2.16. The van der Waals surface area contributed by atoms with E-state index in [0.717, 1.165) is 0 Å². The van der Waals surface area contributed by atoms with Crippen molar-refractivity contribution >= 4 is 18.3 Å². The van der Waals surface area contributed by atoms with Crippen LogP contribution in [-0.2, 0) is 9.59 Å². The van der Waals surface area contributed by atoms with Crippen LogP contribution in [-0.4, -0.2) is 12.6 Å². The predicted octanol–water partition coefficient (Wildman–Crippen LogP) is 1.00. The van der Waals surface area contributed by atoms with Crippen molar-refractivity contribution in [2.24, 2.45) is 5.18 Å². The first kappa shape index (κ1) is 8.26. The lowest BCUT2D eigenvalue weighted by Gasteiger charge is -1.93. The monoisotopic (exact) mass is 161 g/mol. The first-order valence-electron chi connectivity index (χ1n) is 3.05. The molecule has 0 atom stereocenters. The van der Waals surface area contributed by atoms with Gasteiger partial charge in [-0.05, 0) is 23.4 Å². The van der Waals surface area contributed by atoms with Crippen LogP contribution >= 0.6 is 0 Å². The maximum absolute atomic E-state index is 10.2. The lowest BCUT2D eigenvalue weighted by Crippen LogP contribution is -1.89. The van der Waals surface area contributed by atoms with Crippen LogP contribution in [0.1, 0.15) is 11.1 Å². The molecule has 1 aromatic rings. The topological polar surface area (TPSA) is 63.6 Å². The molecule has 0 fully saturated rings. The molecule has 0 amide bonds. The normalized spacial score (nSPS) is 9.00. The van der Waals surface area contributed by atoms with E-state index < -0.39 is 0 Å². The van der Waals surface area contributed by atoms with E-state index in [-0.39, 0.29) is 16.8 Å². The van der Waals surface area contributed by atoms with E-state index in [1.165, 1.54) is 24.5 Å². The molecule has 0 aromatic heterocycles. The molecule has 1 rings (SSSR count). The van der Waals surface area contributed by atoms with Gasteiger partial charge in [-0.25, -0.2) is 0 Å². The second-order valence-electron chi connectivity index (χ2n) is 2.03. The maximum Gasteiger partial charge on any atom is 0.234 e. The van der Waals surface area contributed by atoms with Crippen molar-refractivity contribution in [1.29, 1.82) is 0 Å². The Labute approximate surface area is 68.2 Å². The van der Waals surface area contributed by atoms with Gasteiger partial charge in [0.15, 0.2) is 0 Å². The molecule has 0 aliphatic rings. The minimum Gasteiger partial charge on any atom is -0.285 e. The highest BCUT2D eigenvalue weighted by molar-refractivity contribution is 5.91. The van der Waals surface area contributed by atoms with Crippen LogP contribution in [0.25, 0.3) is 0 Å². The number of hydrogen-bond acceptors (Lipinski definition) is 4. The minimum absolute atomic E-state index is 0.00194. The Morgan fingerprint density at radius 3 is 2.25 bits per heavy atom. The zero-order valence-corrected chi connectivity index (χ0v) is 5.90. The second-order valence-corrected chi connectivity index (χ2v) is 2.03. The molecule has 0 heterocycles. The molecule has 0 bridgehead atoms. The Morgan fingerprint density at radius 1 is 1.08 bits per heavy atom. The number of rotatable bonds is 3. The number of nitroso groups, excluding NO2 is 1. The zero-order valence-electron chi connectivity index (χ0n) is 5.90. The summed E-state index contributed by atoms with van der Waals surface area (Å²) in [6.45, 7) is 0. The van der Waals surface area contributed by atoms with Gasteiger partial charge in [-0.2, -0.15) is 0 Å². The van der Waals surface area contributed by atoms with Gasteiger partial charge in [0.05, 0.1) is 0 Å². The van der Waals surface area contributed by atoms with Crippen molar-refractivity contribution in [3.8, 4) is 0 Å². The fraction of sp³-hybridized carbons (Fsp3) is 0. The van der Waals surface area contributed by atoms with Crippen molar-refractivity contribution in [3.05, 3.63) is 34.2 Å². The molecule has 0 saturated carbocycles. The van der Waals surface area contributed by atoms with Gasteiger partial charge < -0.3 is 0 Å². The highest BCUT2D eigenvalue weighted by atomic mass is 16.3. The number of hydrogen-bond donors (Lipinski definition) is 0. The first-order chi connectivity index (χ1) is 5.81. The highest BCUT2D eigenvalue weighted by Crippen LogP contribution is 2.15. The van der Waals surface area contributed by atoms with Crippen LogP contribution in [0.4, 0.5) is 5.69 Å². The Morgan fingerprint density at radius 2 is 1.75 bits per heavy atom. The van der Waals surface area contributed by atoms with E-state index in [4.69, 9.17) is 0 Å². The largest absolute Gasteiger partial charge is 0.285 e. The van der Waals surface area contributed by atoms with Gasteiger partial charge in [-0.15, -0.1) is 4.91 Å². The SMILES string of the molecule is O=[C]c1ccc(N=O)cc1[C]=O. The van der Waals surface area contributed by atoms with Gasteiger partial charge in [-0.3, -0.25) is 9.59 Å². The van der Waals surface area contributed by atoms with Crippen molar-refractivity contribution in [2.75, 3.05) is 0 Å². The van der Waals surface area contributed by atoms with Crippen LogP contribution < -0.4 is 0 Å². The molecule has 1 aromatic carbocycles. The average molecular weight is 161 g/mol. The van der Waals surface area contributed by atoms with Crippen LogP contribution in [0.3, 0.4) is 0 Å². The predicted molar refractivity (Wildman–Crippen MR) is 41.5 cm³/mol. The summed E-state index contributed by atoms with van der Waals surface area (Å²) in [4.78, 5) is 30.4. The van der Waals surface area contributed by atoms with E-state index in [1.54, 1.807) is 6.29 Å². The van der Waals surface area contributed by atoms with E-state index in [0.29, 0.717) is 0 Å². The summed E-state index contributed by atoms with van der Waals surface area (Å²) in [7, 11) is 0. The molecule has 0 aliphatic heterocycles. The number of carbonyl (C=O) groups excluding carboxylic acids is 2. The second kappa shape index (κ2) is 3.52. The maximum atomic E-state index is 10.2. The van der Waals surface area contributed by atoms with Crippen LogP contribution in [0, 0.1) is 4.91 Å². The Balaban J connectivity index is 3.27. The summed E-state index contributed by atoms with van der Waals surface area (Å²) < 4.78 is 0. The first-order valence-corrected chi connectivity index (χ1v) is 3.05. The standard InChI is InChI=1S/C8H3NO3/c10-4-6-1-2-8(9-12)3-7(6)5-11/h1-3H. The molecule has 2 radical (unpaired) electrons. The third-order valence-corrected chi connectivity index (χ3v) is 1.33. The zero-order chi connectivity index (χ0) is 8.97. The van der Waals surface area contributed by atoms with E-state index >= 15 is 0 Å². The smallest absolute Gasteiger partial charge is 0.234 e. The molecule has 4 nitrogen and oxygen atoms in total. The van der Waals surface area contributed by atoms with Crippen LogP contribution in [0.15, 0.2) is 23.4 Å². The Kier molecular flexibility index (Phi) is 2.42. The third-order valence-electron chi connectivity index (χ3n) is 1.33. The van der Waals surface area contributed by atoms with Crippen molar-refractivity contribution in [2.45, 2.75) is 0 Å². The number of benzene rings is 1. The molecule has 12 heavy (non-hydrogen) atoms. The quantitative estimate of drug-likeness (QED) is 0.621. The van der Waals surface area contributed by atoms with Gasteiger partial charge in [0.2, 0.25) is 12.6 Å². The minimum atomic E-state index is 0.00194. The highest BCUT2D eigenvalue weighted by Gasteiger charge is 2.03. The molecule has 0 spiro atoms. The molecule has 0 unspecified atom stereocenters. The summed E-state index contributed by atoms with van der Waals surface area (Å²) in [6, 6.07) is 3.80. The summed E-state index contributed by atoms with van der Waals surface area (Å²) in [5.74, 6) is 0. The molecule has 0 saturated heterocycles. The van der Waals surface area contributed by atoms with Crippen molar-refractivity contribution < 1.29 is 9.59 Å².